The lowest BCUT2D eigenvalue weighted by molar-refractivity contribution is 0.0742. The maximum absolute atomic E-state index is 13.0. The highest BCUT2D eigenvalue weighted by atomic mass is 32.2. The average Bonchev–Trinajstić information content (AvgIpc) is 3.22. The summed E-state index contributed by atoms with van der Waals surface area (Å²) >= 11 is 0. The number of rotatable bonds is 5. The van der Waals surface area contributed by atoms with Crippen molar-refractivity contribution in [2.75, 3.05) is 25.9 Å². The summed E-state index contributed by atoms with van der Waals surface area (Å²) in [5, 5.41) is 0. The van der Waals surface area contributed by atoms with Gasteiger partial charge in [0.15, 0.2) is 0 Å². The van der Waals surface area contributed by atoms with E-state index in [1.165, 1.54) is 22.5 Å². The number of amides is 1. The number of nitrogens with two attached hydrogens (primary N) is 1. The van der Waals surface area contributed by atoms with E-state index >= 15 is 0 Å². The molecule has 2 heterocycles. The van der Waals surface area contributed by atoms with Crippen LogP contribution in [0.15, 0.2) is 47.6 Å². The molecule has 1 amide bonds. The predicted octanol–water partition coefficient (Wildman–Crippen LogP) is 2.28. The van der Waals surface area contributed by atoms with Crippen molar-refractivity contribution in [2.24, 2.45) is 0 Å². The Labute approximate surface area is 159 Å². The minimum atomic E-state index is -3.64. The molecule has 0 saturated carbocycles. The van der Waals surface area contributed by atoms with Crippen LogP contribution < -0.4 is 5.73 Å². The third kappa shape index (κ3) is 3.96. The first-order valence-electron chi connectivity index (χ1n) is 8.88. The van der Waals surface area contributed by atoms with Gasteiger partial charge in [0.1, 0.15) is 0 Å². The van der Waals surface area contributed by atoms with E-state index in [0.717, 1.165) is 18.4 Å². The molecule has 2 aromatic rings. The molecule has 0 aliphatic carbocycles. The number of benzene rings is 1. The number of hydrogen-bond donors (Lipinski definition) is 1. The maximum atomic E-state index is 13.0. The van der Waals surface area contributed by atoms with E-state index in [2.05, 4.69) is 4.98 Å². The van der Waals surface area contributed by atoms with Gasteiger partial charge in [0, 0.05) is 43.8 Å². The largest absolute Gasteiger partial charge is 0.399 e. The summed E-state index contributed by atoms with van der Waals surface area (Å²) in [5.74, 6) is -0.295. The van der Waals surface area contributed by atoms with Crippen LogP contribution in [-0.2, 0) is 10.0 Å². The first-order chi connectivity index (χ1) is 12.8. The van der Waals surface area contributed by atoms with E-state index in [4.69, 9.17) is 5.73 Å². The highest BCUT2D eigenvalue weighted by molar-refractivity contribution is 7.89. The molecule has 1 aromatic carbocycles. The van der Waals surface area contributed by atoms with Gasteiger partial charge < -0.3 is 10.6 Å². The standard InChI is InChI=1S/C19H24N4O3S/c1-14(15-6-5-7-21-13-15)22(2)19(24)16-10-17(20)12-18(11-16)27(25,26)23-8-3-4-9-23/h5-7,10-14H,3-4,8-9,20H2,1-2H3/t14-/m1/s1. The Hall–Kier alpha value is -2.45. The van der Waals surface area contributed by atoms with E-state index in [1.54, 1.807) is 24.3 Å². The Morgan fingerprint density at radius 3 is 2.59 bits per heavy atom. The van der Waals surface area contributed by atoms with E-state index in [9.17, 15) is 13.2 Å². The molecule has 1 aromatic heterocycles. The number of anilines is 1. The van der Waals surface area contributed by atoms with E-state index in [0.29, 0.717) is 13.1 Å². The summed E-state index contributed by atoms with van der Waals surface area (Å²) in [6.07, 6.45) is 5.07. The highest BCUT2D eigenvalue weighted by Gasteiger charge is 2.29. The maximum Gasteiger partial charge on any atom is 0.254 e. The lowest BCUT2D eigenvalue weighted by Gasteiger charge is -2.25. The van der Waals surface area contributed by atoms with Crippen LogP contribution in [0.2, 0.25) is 0 Å². The topological polar surface area (TPSA) is 96.6 Å². The Morgan fingerprint density at radius 1 is 1.26 bits per heavy atom. The van der Waals surface area contributed by atoms with E-state index < -0.39 is 10.0 Å². The smallest absolute Gasteiger partial charge is 0.254 e. The van der Waals surface area contributed by atoms with Gasteiger partial charge in [-0.1, -0.05) is 6.07 Å². The summed E-state index contributed by atoms with van der Waals surface area (Å²) in [4.78, 5) is 18.7. The number of carbonyl (C=O) groups excluding carboxylic acids is 1. The molecule has 0 unspecified atom stereocenters. The fourth-order valence-corrected chi connectivity index (χ4v) is 4.80. The number of nitrogens with zero attached hydrogens (tertiary/aromatic N) is 3. The van der Waals surface area contributed by atoms with Gasteiger partial charge in [0.05, 0.1) is 10.9 Å². The Bertz CT molecular complexity index is 925. The molecule has 0 spiro atoms. The van der Waals surface area contributed by atoms with Gasteiger partial charge in [-0.2, -0.15) is 4.31 Å². The summed E-state index contributed by atoms with van der Waals surface area (Å²) in [5.41, 5.74) is 7.31. The van der Waals surface area contributed by atoms with Crippen LogP contribution >= 0.6 is 0 Å². The normalized spacial score (nSPS) is 16.2. The van der Waals surface area contributed by atoms with Crippen molar-refractivity contribution in [3.63, 3.8) is 0 Å². The van der Waals surface area contributed by atoms with Crippen LogP contribution in [-0.4, -0.2) is 48.7 Å². The first-order valence-corrected chi connectivity index (χ1v) is 10.3. The van der Waals surface area contributed by atoms with Crippen molar-refractivity contribution < 1.29 is 13.2 Å². The second-order valence-electron chi connectivity index (χ2n) is 6.78. The van der Waals surface area contributed by atoms with Crippen LogP contribution in [0.3, 0.4) is 0 Å². The number of aromatic nitrogens is 1. The van der Waals surface area contributed by atoms with Gasteiger partial charge >= 0.3 is 0 Å². The zero-order valence-electron chi connectivity index (χ0n) is 15.5. The molecule has 0 radical (unpaired) electrons. The molecule has 0 bridgehead atoms. The van der Waals surface area contributed by atoms with Crippen LogP contribution in [0.4, 0.5) is 5.69 Å². The van der Waals surface area contributed by atoms with Crippen molar-refractivity contribution in [1.82, 2.24) is 14.2 Å². The summed E-state index contributed by atoms with van der Waals surface area (Å²) in [6.45, 7) is 2.89. The molecule has 144 valence electrons. The molecule has 2 N–H and O–H groups in total. The molecule has 1 atom stereocenters. The van der Waals surface area contributed by atoms with Crippen LogP contribution in [0.1, 0.15) is 41.7 Å². The second kappa shape index (κ2) is 7.66. The molecule has 1 aliphatic heterocycles. The molecular weight excluding hydrogens is 364 g/mol. The lowest BCUT2D eigenvalue weighted by atomic mass is 10.1. The highest BCUT2D eigenvalue weighted by Crippen LogP contribution is 2.26. The van der Waals surface area contributed by atoms with Crippen molar-refractivity contribution in [1.29, 1.82) is 0 Å². The summed E-state index contributed by atoms with van der Waals surface area (Å²) < 4.78 is 27.1. The number of pyridine rings is 1. The zero-order valence-corrected chi connectivity index (χ0v) is 16.3. The van der Waals surface area contributed by atoms with Gasteiger partial charge in [-0.15, -0.1) is 0 Å². The molecule has 8 heteroatoms. The fourth-order valence-electron chi connectivity index (χ4n) is 3.20. The van der Waals surface area contributed by atoms with Gasteiger partial charge in [-0.05, 0) is 49.6 Å². The molecule has 7 nitrogen and oxygen atoms in total. The molecule has 3 rings (SSSR count). The average molecular weight is 388 g/mol. The van der Waals surface area contributed by atoms with Crippen molar-refractivity contribution in [3.8, 4) is 0 Å². The summed E-state index contributed by atoms with van der Waals surface area (Å²) in [7, 11) is -1.96. The number of nitrogen functional groups attached to an aromatic ring is 1. The minimum Gasteiger partial charge on any atom is -0.399 e. The third-order valence-electron chi connectivity index (χ3n) is 4.95. The molecule has 1 saturated heterocycles. The summed E-state index contributed by atoms with van der Waals surface area (Å²) in [6, 6.07) is 7.83. The molecule has 1 aliphatic rings. The predicted molar refractivity (Wildman–Crippen MR) is 104 cm³/mol. The number of carbonyl (C=O) groups is 1. The van der Waals surface area contributed by atoms with Gasteiger partial charge in [0.25, 0.3) is 5.91 Å². The fraction of sp³-hybridized carbons (Fsp3) is 0.368. The second-order valence-corrected chi connectivity index (χ2v) is 8.72. The zero-order chi connectivity index (χ0) is 19.6. The molecular formula is C19H24N4O3S. The third-order valence-corrected chi connectivity index (χ3v) is 6.82. The number of hydrogen-bond acceptors (Lipinski definition) is 5. The van der Waals surface area contributed by atoms with Crippen molar-refractivity contribution >= 4 is 21.6 Å². The Morgan fingerprint density at radius 2 is 1.96 bits per heavy atom. The van der Waals surface area contributed by atoms with Crippen LogP contribution in [0, 0.1) is 0 Å². The first kappa shape index (κ1) is 19.3. The molecule has 1 fully saturated rings. The van der Waals surface area contributed by atoms with E-state index in [1.807, 2.05) is 19.1 Å². The Balaban J connectivity index is 1.90. The van der Waals surface area contributed by atoms with E-state index in [-0.39, 0.29) is 28.1 Å². The molecule has 27 heavy (non-hydrogen) atoms. The number of sulfonamides is 1. The quantitative estimate of drug-likeness (QED) is 0.793. The van der Waals surface area contributed by atoms with Gasteiger partial charge in [-0.3, -0.25) is 9.78 Å². The van der Waals surface area contributed by atoms with Crippen molar-refractivity contribution in [3.05, 3.63) is 53.9 Å². The monoisotopic (exact) mass is 388 g/mol. The van der Waals surface area contributed by atoms with Crippen LogP contribution in [0.5, 0.6) is 0 Å². The van der Waals surface area contributed by atoms with Gasteiger partial charge in [-0.25, -0.2) is 8.42 Å². The SMILES string of the molecule is C[C@H](c1cccnc1)N(C)C(=O)c1cc(N)cc(S(=O)(=O)N2CCCC2)c1. The lowest BCUT2D eigenvalue weighted by Crippen LogP contribution is -2.31. The minimum absolute atomic E-state index is 0.0650. The van der Waals surface area contributed by atoms with Gasteiger partial charge in [0.2, 0.25) is 10.0 Å². The van der Waals surface area contributed by atoms with Crippen molar-refractivity contribution in [2.45, 2.75) is 30.7 Å². The Kier molecular flexibility index (Phi) is 5.48. The van der Waals surface area contributed by atoms with Crippen LogP contribution in [0.25, 0.3) is 0 Å².